The molecule has 11 heteroatoms. The van der Waals surface area contributed by atoms with E-state index < -0.39 is 53.6 Å². The van der Waals surface area contributed by atoms with Gasteiger partial charge < -0.3 is 20.7 Å². The summed E-state index contributed by atoms with van der Waals surface area (Å²) in [7, 11) is 2.98. The average Bonchev–Trinajstić information content (AvgIpc) is 2.81. The van der Waals surface area contributed by atoms with Crippen LogP contribution in [-0.4, -0.2) is 59.2 Å². The number of carbonyl (C=O) groups excluding carboxylic acids is 5. The van der Waals surface area contributed by atoms with Crippen LogP contribution >= 0.6 is 21.6 Å². The number of ether oxygens (including phenoxy) is 1. The third-order valence-corrected chi connectivity index (χ3v) is 8.40. The smallest absolute Gasteiger partial charge is 0.310 e. The van der Waals surface area contributed by atoms with Crippen molar-refractivity contribution in [3.05, 3.63) is 23.9 Å². The van der Waals surface area contributed by atoms with Gasteiger partial charge in [-0.3, -0.25) is 24.0 Å². The predicted octanol–water partition coefficient (Wildman–Crippen LogP) is 2.52. The fraction of sp³-hybridized carbons (Fsp3) is 0.640. The number of hydrogen-bond donors (Lipinski definition) is 3. The van der Waals surface area contributed by atoms with E-state index in [1.807, 2.05) is 19.9 Å². The molecule has 2 heterocycles. The van der Waals surface area contributed by atoms with Crippen LogP contribution in [-0.2, 0) is 28.7 Å². The van der Waals surface area contributed by atoms with Crippen LogP contribution in [0.5, 0.6) is 0 Å². The van der Waals surface area contributed by atoms with Crippen molar-refractivity contribution in [2.24, 2.45) is 17.8 Å². The molecular weight excluding hydrogens is 502 g/mol. The zero-order chi connectivity index (χ0) is 26.8. The van der Waals surface area contributed by atoms with Gasteiger partial charge in [-0.05, 0) is 31.3 Å². The van der Waals surface area contributed by atoms with Crippen molar-refractivity contribution in [1.82, 2.24) is 16.0 Å². The lowest BCUT2D eigenvalue weighted by atomic mass is 9.89. The van der Waals surface area contributed by atoms with Gasteiger partial charge >= 0.3 is 5.97 Å². The summed E-state index contributed by atoms with van der Waals surface area (Å²) in [6, 6.07) is -1.82. The molecule has 4 atom stereocenters. The van der Waals surface area contributed by atoms with Crippen LogP contribution in [0.4, 0.5) is 0 Å². The first-order valence-corrected chi connectivity index (χ1v) is 14.7. The number of rotatable bonds is 2. The maximum atomic E-state index is 13.2. The molecule has 0 aromatic rings. The number of nitrogens with one attached hydrogen (secondary N) is 3. The molecule has 200 valence electrons. The van der Waals surface area contributed by atoms with E-state index in [4.69, 9.17) is 4.74 Å². The van der Waals surface area contributed by atoms with E-state index >= 15 is 0 Å². The van der Waals surface area contributed by atoms with Crippen molar-refractivity contribution in [3.8, 4) is 0 Å². The second kappa shape index (κ2) is 14.5. The SMILES string of the molecule is CC=C1NC(=O)[C@H]2CSSCCC=C[C@H](CC(=O)N[C@H](C(C)C)C(=O)N2)OC(=O)[C@H](C(C)C)CC1=O. The minimum atomic E-state index is -0.928. The van der Waals surface area contributed by atoms with E-state index in [1.54, 1.807) is 26.8 Å². The van der Waals surface area contributed by atoms with Crippen molar-refractivity contribution in [2.75, 3.05) is 11.5 Å². The second-order valence-electron chi connectivity index (χ2n) is 9.52. The molecule has 2 aliphatic rings. The summed E-state index contributed by atoms with van der Waals surface area (Å²) in [6.45, 7) is 8.84. The largest absolute Gasteiger partial charge is 0.457 e. The van der Waals surface area contributed by atoms with Gasteiger partial charge in [-0.1, -0.05) is 61.4 Å². The number of Topliss-reactive ketones (excluding diaryl/α,β-unsaturated/α-hetero) is 1. The topological polar surface area (TPSA) is 131 Å². The van der Waals surface area contributed by atoms with Gasteiger partial charge in [0.25, 0.3) is 0 Å². The first-order chi connectivity index (χ1) is 17.0. The van der Waals surface area contributed by atoms with Crippen LogP contribution < -0.4 is 16.0 Å². The minimum Gasteiger partial charge on any atom is -0.457 e. The highest BCUT2D eigenvalue weighted by atomic mass is 33.1. The number of ketones is 1. The van der Waals surface area contributed by atoms with Crippen molar-refractivity contribution in [2.45, 2.75) is 72.1 Å². The van der Waals surface area contributed by atoms with Crippen LogP contribution in [0.15, 0.2) is 23.9 Å². The summed E-state index contributed by atoms with van der Waals surface area (Å²) in [5, 5.41) is 8.14. The van der Waals surface area contributed by atoms with Crippen LogP contribution in [0.2, 0.25) is 0 Å². The lowest BCUT2D eigenvalue weighted by Gasteiger charge is -2.27. The first-order valence-electron chi connectivity index (χ1n) is 12.2. The average molecular weight is 540 g/mol. The Hall–Kier alpha value is -2.27. The molecule has 0 saturated carbocycles. The second-order valence-corrected chi connectivity index (χ2v) is 12.1. The first kappa shape index (κ1) is 30.0. The summed E-state index contributed by atoms with van der Waals surface area (Å²) in [6.07, 6.45) is 4.55. The number of hydrogen-bond acceptors (Lipinski definition) is 8. The number of amides is 3. The molecule has 0 aliphatic carbocycles. The molecular formula is C25H37N3O6S2. The fourth-order valence-electron chi connectivity index (χ4n) is 3.74. The van der Waals surface area contributed by atoms with Gasteiger partial charge in [-0.25, -0.2) is 0 Å². The number of fused-ring (bicyclic) bond motifs is 7. The zero-order valence-electron chi connectivity index (χ0n) is 21.5. The summed E-state index contributed by atoms with van der Waals surface area (Å²) in [5.74, 6) is -2.70. The molecule has 9 nitrogen and oxygen atoms in total. The Morgan fingerprint density at radius 1 is 0.972 bits per heavy atom. The summed E-state index contributed by atoms with van der Waals surface area (Å²) in [4.78, 5) is 65.4. The van der Waals surface area contributed by atoms with Crippen molar-refractivity contribution in [3.63, 3.8) is 0 Å². The van der Waals surface area contributed by atoms with Gasteiger partial charge in [-0.2, -0.15) is 0 Å². The van der Waals surface area contributed by atoms with Gasteiger partial charge in [0.2, 0.25) is 17.7 Å². The van der Waals surface area contributed by atoms with Crippen LogP contribution in [0.3, 0.4) is 0 Å². The lowest BCUT2D eigenvalue weighted by molar-refractivity contribution is -0.155. The Balaban J connectivity index is 2.55. The summed E-state index contributed by atoms with van der Waals surface area (Å²) in [5.41, 5.74) is 0.0666. The molecule has 0 aromatic heterocycles. The van der Waals surface area contributed by atoms with Gasteiger partial charge in [-0.15, -0.1) is 0 Å². The highest BCUT2D eigenvalue weighted by Crippen LogP contribution is 2.25. The molecule has 2 aliphatic heterocycles. The third kappa shape index (κ3) is 8.99. The summed E-state index contributed by atoms with van der Waals surface area (Å²) < 4.78 is 5.71. The van der Waals surface area contributed by atoms with Crippen LogP contribution in [0, 0.1) is 17.8 Å². The van der Waals surface area contributed by atoms with Crippen molar-refractivity contribution in [1.29, 1.82) is 0 Å². The molecule has 2 rings (SSSR count). The summed E-state index contributed by atoms with van der Waals surface area (Å²) >= 11 is 0. The maximum Gasteiger partial charge on any atom is 0.310 e. The highest BCUT2D eigenvalue weighted by Gasteiger charge is 2.34. The van der Waals surface area contributed by atoms with E-state index in [9.17, 15) is 24.0 Å². The van der Waals surface area contributed by atoms with Gasteiger partial charge in [0, 0.05) is 17.9 Å². The minimum absolute atomic E-state index is 0.0666. The highest BCUT2D eigenvalue weighted by molar-refractivity contribution is 8.76. The Bertz CT molecular complexity index is 902. The van der Waals surface area contributed by atoms with E-state index in [0.717, 1.165) is 5.75 Å². The van der Waals surface area contributed by atoms with Crippen molar-refractivity contribution < 1.29 is 28.7 Å². The molecule has 0 unspecified atom stereocenters. The van der Waals surface area contributed by atoms with E-state index in [2.05, 4.69) is 16.0 Å². The molecule has 0 aromatic carbocycles. The standard InChI is InChI=1S/C25H37N3O6S2/c1-6-18-20(29)12-17(14(2)3)25(33)34-16-9-7-8-10-35-36-13-19(23(31)26-18)27-24(32)22(15(4)5)28-21(30)11-16/h6-7,9,14-17,19,22H,8,10-13H2,1-5H3,(H,26,31)(H,27,32)(H,28,30)/t16-,17+,19-,22-/m1/s1. The molecule has 0 radical (unpaired) electrons. The lowest BCUT2D eigenvalue weighted by Crippen LogP contribution is -2.56. The van der Waals surface area contributed by atoms with Crippen molar-refractivity contribution >= 4 is 51.1 Å². The Labute approximate surface area is 220 Å². The predicted molar refractivity (Wildman–Crippen MR) is 142 cm³/mol. The fourth-order valence-corrected chi connectivity index (χ4v) is 5.90. The van der Waals surface area contributed by atoms with Gasteiger partial charge in [0.15, 0.2) is 5.78 Å². The monoisotopic (exact) mass is 539 g/mol. The third-order valence-electron chi connectivity index (χ3n) is 5.95. The Morgan fingerprint density at radius 3 is 2.33 bits per heavy atom. The quantitative estimate of drug-likeness (QED) is 0.211. The normalized spacial score (nSPS) is 29.0. The molecule has 2 bridgehead atoms. The van der Waals surface area contributed by atoms with Crippen LogP contribution in [0.25, 0.3) is 0 Å². The molecule has 3 N–H and O–H groups in total. The number of allylic oxidation sites excluding steroid dienone is 3. The molecule has 36 heavy (non-hydrogen) atoms. The van der Waals surface area contributed by atoms with E-state index in [0.29, 0.717) is 6.42 Å². The zero-order valence-corrected chi connectivity index (χ0v) is 23.1. The number of carbonyl (C=O) groups is 5. The molecule has 3 amide bonds. The van der Waals surface area contributed by atoms with E-state index in [1.165, 1.54) is 27.7 Å². The molecule has 1 fully saturated rings. The van der Waals surface area contributed by atoms with Gasteiger partial charge in [0.1, 0.15) is 18.2 Å². The molecule has 0 spiro atoms. The van der Waals surface area contributed by atoms with E-state index in [-0.39, 0.29) is 36.1 Å². The Kier molecular flexibility index (Phi) is 12.0. The van der Waals surface area contributed by atoms with Crippen LogP contribution in [0.1, 0.15) is 53.9 Å². The van der Waals surface area contributed by atoms with Gasteiger partial charge in [0.05, 0.1) is 18.0 Å². The molecule has 1 saturated heterocycles. The number of esters is 1. The maximum absolute atomic E-state index is 13.2. The Morgan fingerprint density at radius 2 is 1.69 bits per heavy atom.